The standard InChI is InChI=1S/C23H22F3N3O3/c24-23(25,26)19-8-6-15(21(30)28-19)22(31)29-20-14-3-1-2-4-17(14)32-18-7-5-12(9-16(18)20)13-10-27-11-13/h1-5,7,9,13,15,19-20,27H,6,8,10-11H2,(H,28,30)(H,29,31). The minimum Gasteiger partial charge on any atom is -0.457 e. The summed E-state index contributed by atoms with van der Waals surface area (Å²) >= 11 is 0. The molecule has 2 aromatic rings. The molecule has 3 heterocycles. The van der Waals surface area contributed by atoms with Gasteiger partial charge >= 0.3 is 6.18 Å². The molecule has 3 aliphatic rings. The second-order valence-electron chi connectivity index (χ2n) is 8.47. The molecule has 0 spiro atoms. The SMILES string of the molecule is O=C(NC1c2ccccc2Oc2ccc(C3CNC3)cc21)C1CCC(C(F)(F)F)NC1=O. The monoisotopic (exact) mass is 445 g/mol. The number of hydrogen-bond donors (Lipinski definition) is 3. The van der Waals surface area contributed by atoms with Crippen molar-refractivity contribution in [3.05, 3.63) is 59.2 Å². The van der Waals surface area contributed by atoms with Gasteiger partial charge in [-0.15, -0.1) is 0 Å². The number of halogens is 3. The van der Waals surface area contributed by atoms with Crippen LogP contribution in [0.1, 0.15) is 41.5 Å². The number of alkyl halides is 3. The average Bonchev–Trinajstić information content (AvgIpc) is 2.71. The number of hydrogen-bond acceptors (Lipinski definition) is 4. The minimum absolute atomic E-state index is 0.159. The molecule has 0 aliphatic carbocycles. The van der Waals surface area contributed by atoms with Crippen molar-refractivity contribution in [3.63, 3.8) is 0 Å². The van der Waals surface area contributed by atoms with E-state index in [0.717, 1.165) is 29.8 Å². The summed E-state index contributed by atoms with van der Waals surface area (Å²) in [4.78, 5) is 25.3. The summed E-state index contributed by atoms with van der Waals surface area (Å²) in [6.07, 6.45) is -5.01. The fraction of sp³-hybridized carbons (Fsp3) is 0.391. The molecule has 2 amide bonds. The van der Waals surface area contributed by atoms with Crippen molar-refractivity contribution in [1.82, 2.24) is 16.0 Å². The highest BCUT2D eigenvalue weighted by molar-refractivity contribution is 6.01. The number of carbonyl (C=O) groups is 2. The molecule has 2 saturated heterocycles. The zero-order valence-corrected chi connectivity index (χ0v) is 17.0. The number of piperidine rings is 1. The number of amides is 2. The van der Waals surface area contributed by atoms with Crippen LogP contribution < -0.4 is 20.7 Å². The maximum absolute atomic E-state index is 13.0. The Bertz CT molecular complexity index is 1070. The smallest absolute Gasteiger partial charge is 0.408 e. The van der Waals surface area contributed by atoms with Gasteiger partial charge in [0.05, 0.1) is 6.04 Å². The molecule has 32 heavy (non-hydrogen) atoms. The molecule has 3 atom stereocenters. The Labute approximate surface area is 182 Å². The Kier molecular flexibility index (Phi) is 5.08. The van der Waals surface area contributed by atoms with Crippen LogP contribution in [0.4, 0.5) is 13.2 Å². The average molecular weight is 445 g/mol. The Hall–Kier alpha value is -3.07. The van der Waals surface area contributed by atoms with Crippen LogP contribution in [0, 0.1) is 5.92 Å². The number of benzene rings is 2. The molecule has 9 heteroatoms. The molecular formula is C23H22F3N3O3. The summed E-state index contributed by atoms with van der Waals surface area (Å²) in [6, 6.07) is 10.7. The van der Waals surface area contributed by atoms with E-state index in [9.17, 15) is 22.8 Å². The van der Waals surface area contributed by atoms with Gasteiger partial charge in [0.25, 0.3) is 0 Å². The fourth-order valence-corrected chi connectivity index (χ4v) is 4.46. The first-order chi connectivity index (χ1) is 15.3. The number of ether oxygens (including phenoxy) is 1. The normalized spacial score (nSPS) is 25.0. The molecule has 0 aromatic heterocycles. The Morgan fingerprint density at radius 3 is 2.47 bits per heavy atom. The third kappa shape index (κ3) is 3.70. The van der Waals surface area contributed by atoms with Crippen molar-refractivity contribution in [2.75, 3.05) is 13.1 Å². The van der Waals surface area contributed by atoms with Crippen LogP contribution in [-0.2, 0) is 9.59 Å². The molecule has 2 aromatic carbocycles. The van der Waals surface area contributed by atoms with Gasteiger partial charge in [0, 0.05) is 30.1 Å². The molecule has 5 rings (SSSR count). The largest absolute Gasteiger partial charge is 0.457 e. The van der Waals surface area contributed by atoms with Crippen molar-refractivity contribution >= 4 is 11.8 Å². The Morgan fingerprint density at radius 1 is 1.03 bits per heavy atom. The van der Waals surface area contributed by atoms with Crippen LogP contribution in [-0.4, -0.2) is 37.1 Å². The number of nitrogens with one attached hydrogen (secondary N) is 3. The third-order valence-corrected chi connectivity index (χ3v) is 6.42. The van der Waals surface area contributed by atoms with Gasteiger partial charge in [-0.2, -0.15) is 13.2 Å². The van der Waals surface area contributed by atoms with Gasteiger partial charge in [0.15, 0.2) is 0 Å². The van der Waals surface area contributed by atoms with Gasteiger partial charge in [0.2, 0.25) is 11.8 Å². The van der Waals surface area contributed by atoms with E-state index in [0.29, 0.717) is 17.4 Å². The van der Waals surface area contributed by atoms with E-state index < -0.39 is 36.0 Å². The zero-order valence-electron chi connectivity index (χ0n) is 17.0. The molecule has 168 valence electrons. The lowest BCUT2D eigenvalue weighted by atomic mass is 9.87. The molecule has 3 aliphatic heterocycles. The number of carbonyl (C=O) groups excluding carboxylic acids is 2. The first kappa shape index (κ1) is 20.8. The van der Waals surface area contributed by atoms with Crippen molar-refractivity contribution < 1.29 is 27.5 Å². The van der Waals surface area contributed by atoms with Crippen molar-refractivity contribution in [3.8, 4) is 11.5 Å². The first-order valence-corrected chi connectivity index (χ1v) is 10.6. The van der Waals surface area contributed by atoms with Gasteiger partial charge in [0.1, 0.15) is 23.5 Å². The maximum Gasteiger partial charge on any atom is 0.408 e. The molecular weight excluding hydrogens is 423 g/mol. The van der Waals surface area contributed by atoms with Crippen LogP contribution >= 0.6 is 0 Å². The van der Waals surface area contributed by atoms with Gasteiger partial charge < -0.3 is 20.7 Å². The topological polar surface area (TPSA) is 79.5 Å². The second-order valence-corrected chi connectivity index (χ2v) is 8.47. The van der Waals surface area contributed by atoms with E-state index in [1.165, 1.54) is 0 Å². The van der Waals surface area contributed by atoms with E-state index in [1.54, 1.807) is 6.07 Å². The lowest BCUT2D eigenvalue weighted by Gasteiger charge is -2.34. The van der Waals surface area contributed by atoms with Crippen molar-refractivity contribution in [1.29, 1.82) is 0 Å². The summed E-state index contributed by atoms with van der Waals surface area (Å²) in [5, 5.41) is 8.09. The molecule has 2 fully saturated rings. The maximum atomic E-state index is 13.0. The molecule has 3 unspecified atom stereocenters. The van der Waals surface area contributed by atoms with Gasteiger partial charge in [-0.1, -0.05) is 24.3 Å². The first-order valence-electron chi connectivity index (χ1n) is 10.6. The molecule has 0 saturated carbocycles. The summed E-state index contributed by atoms with van der Waals surface area (Å²) in [5.41, 5.74) is 2.63. The number of fused-ring (bicyclic) bond motifs is 2. The predicted molar refractivity (Wildman–Crippen MR) is 109 cm³/mol. The van der Waals surface area contributed by atoms with E-state index in [-0.39, 0.29) is 12.8 Å². The number of rotatable bonds is 3. The van der Waals surface area contributed by atoms with Gasteiger partial charge in [-0.3, -0.25) is 9.59 Å². The van der Waals surface area contributed by atoms with E-state index in [1.807, 2.05) is 41.7 Å². The summed E-state index contributed by atoms with van der Waals surface area (Å²) in [7, 11) is 0. The lowest BCUT2D eigenvalue weighted by molar-refractivity contribution is -0.171. The Morgan fingerprint density at radius 2 is 1.78 bits per heavy atom. The van der Waals surface area contributed by atoms with Crippen LogP contribution in [0.2, 0.25) is 0 Å². The van der Waals surface area contributed by atoms with E-state index >= 15 is 0 Å². The van der Waals surface area contributed by atoms with Gasteiger partial charge in [-0.05, 0) is 36.6 Å². The quantitative estimate of drug-likeness (QED) is 0.635. The van der Waals surface area contributed by atoms with Crippen molar-refractivity contribution in [2.45, 2.75) is 37.0 Å². The van der Waals surface area contributed by atoms with E-state index in [4.69, 9.17) is 4.74 Å². The van der Waals surface area contributed by atoms with Crippen molar-refractivity contribution in [2.24, 2.45) is 5.92 Å². The van der Waals surface area contributed by atoms with Crippen LogP contribution in [0.25, 0.3) is 0 Å². The number of para-hydroxylation sites is 1. The highest BCUT2D eigenvalue weighted by atomic mass is 19.4. The summed E-state index contributed by atoms with van der Waals surface area (Å²) in [6.45, 7) is 1.74. The third-order valence-electron chi connectivity index (χ3n) is 6.42. The Balaban J connectivity index is 1.42. The van der Waals surface area contributed by atoms with Crippen LogP contribution in [0.5, 0.6) is 11.5 Å². The highest BCUT2D eigenvalue weighted by Crippen LogP contribution is 2.44. The summed E-state index contributed by atoms with van der Waals surface area (Å²) in [5.74, 6) is -1.09. The molecule has 0 bridgehead atoms. The molecule has 0 radical (unpaired) electrons. The lowest BCUT2D eigenvalue weighted by Crippen LogP contribution is -2.54. The predicted octanol–water partition coefficient (Wildman–Crippen LogP) is 3.14. The molecule has 6 nitrogen and oxygen atoms in total. The fourth-order valence-electron chi connectivity index (χ4n) is 4.46. The van der Waals surface area contributed by atoms with E-state index in [2.05, 4.69) is 10.6 Å². The summed E-state index contributed by atoms with van der Waals surface area (Å²) < 4.78 is 44.9. The second kappa shape index (κ2) is 7.81. The highest BCUT2D eigenvalue weighted by Gasteiger charge is 2.46. The molecule has 3 N–H and O–H groups in total. The minimum atomic E-state index is -4.53. The van der Waals surface area contributed by atoms with Gasteiger partial charge in [-0.25, -0.2) is 0 Å². The van der Waals surface area contributed by atoms with Crippen LogP contribution in [0.15, 0.2) is 42.5 Å². The van der Waals surface area contributed by atoms with Crippen LogP contribution in [0.3, 0.4) is 0 Å². The zero-order chi connectivity index (χ0) is 22.5.